The van der Waals surface area contributed by atoms with Crippen molar-refractivity contribution < 1.29 is 5.11 Å². The molecule has 3 heteroatoms. The number of hydrogen-bond donors (Lipinski definition) is 1. The van der Waals surface area contributed by atoms with Gasteiger partial charge in [-0.3, -0.25) is 4.98 Å². The Hall–Kier alpha value is -1.09. The molecule has 1 N–H and O–H groups in total. The van der Waals surface area contributed by atoms with E-state index in [9.17, 15) is 5.11 Å². The summed E-state index contributed by atoms with van der Waals surface area (Å²) in [5.74, 6) is 0.713. The van der Waals surface area contributed by atoms with E-state index in [2.05, 4.69) is 23.7 Å². The molecule has 1 aromatic rings. The molecule has 0 aromatic carbocycles. The SMILES string of the molecule is CC(C)CCN(c1cnccc1CO)C1CC1. The van der Waals surface area contributed by atoms with Gasteiger partial charge in [0.2, 0.25) is 0 Å². The van der Waals surface area contributed by atoms with Crippen LogP contribution in [-0.2, 0) is 6.61 Å². The molecule has 1 saturated carbocycles. The molecule has 2 rings (SSSR count). The standard InChI is InChI=1S/C14H22N2O/c1-11(2)6-8-16(13-3-4-13)14-9-15-7-5-12(14)10-17/h5,7,9,11,13,17H,3-4,6,8,10H2,1-2H3. The van der Waals surface area contributed by atoms with Crippen molar-refractivity contribution in [3.63, 3.8) is 0 Å². The minimum atomic E-state index is 0.1000. The van der Waals surface area contributed by atoms with Gasteiger partial charge in [0.05, 0.1) is 18.5 Å². The van der Waals surface area contributed by atoms with Crippen molar-refractivity contribution in [1.29, 1.82) is 0 Å². The third-order valence-corrected chi connectivity index (χ3v) is 3.30. The maximum atomic E-state index is 9.39. The van der Waals surface area contributed by atoms with Crippen molar-refractivity contribution in [3.8, 4) is 0 Å². The predicted molar refractivity (Wildman–Crippen MR) is 70.0 cm³/mol. The average Bonchev–Trinajstić information content (AvgIpc) is 3.14. The summed E-state index contributed by atoms with van der Waals surface area (Å²) in [6, 6.07) is 2.59. The number of rotatable bonds is 6. The topological polar surface area (TPSA) is 36.4 Å². The molecular weight excluding hydrogens is 212 g/mol. The second kappa shape index (κ2) is 5.50. The van der Waals surface area contributed by atoms with Crippen LogP contribution in [0.5, 0.6) is 0 Å². The van der Waals surface area contributed by atoms with Crippen molar-refractivity contribution in [2.24, 2.45) is 5.92 Å². The summed E-state index contributed by atoms with van der Waals surface area (Å²) in [5, 5.41) is 9.39. The molecule has 0 bridgehead atoms. The number of pyridine rings is 1. The van der Waals surface area contributed by atoms with Gasteiger partial charge in [-0.1, -0.05) is 13.8 Å². The van der Waals surface area contributed by atoms with Crippen molar-refractivity contribution >= 4 is 5.69 Å². The summed E-state index contributed by atoms with van der Waals surface area (Å²) in [4.78, 5) is 6.63. The first-order chi connectivity index (χ1) is 8.22. The highest BCUT2D eigenvalue weighted by molar-refractivity contribution is 5.53. The van der Waals surface area contributed by atoms with Crippen LogP contribution in [-0.4, -0.2) is 22.7 Å². The number of aromatic nitrogens is 1. The lowest BCUT2D eigenvalue weighted by atomic mass is 10.1. The molecule has 1 aliphatic rings. The molecule has 0 saturated heterocycles. The lowest BCUT2D eigenvalue weighted by Crippen LogP contribution is -2.28. The minimum Gasteiger partial charge on any atom is -0.392 e. The van der Waals surface area contributed by atoms with Crippen LogP contribution in [0.2, 0.25) is 0 Å². The first-order valence-electron chi connectivity index (χ1n) is 6.52. The van der Waals surface area contributed by atoms with Crippen LogP contribution in [0, 0.1) is 5.92 Å². The zero-order valence-electron chi connectivity index (χ0n) is 10.8. The summed E-state index contributed by atoms with van der Waals surface area (Å²) in [5.41, 5.74) is 2.12. The van der Waals surface area contributed by atoms with Gasteiger partial charge >= 0.3 is 0 Å². The molecule has 0 spiro atoms. The Morgan fingerprint density at radius 1 is 1.47 bits per heavy atom. The van der Waals surface area contributed by atoms with Gasteiger partial charge in [-0.15, -0.1) is 0 Å². The molecule has 1 aliphatic carbocycles. The quantitative estimate of drug-likeness (QED) is 0.822. The molecule has 0 amide bonds. The third-order valence-electron chi connectivity index (χ3n) is 3.30. The van der Waals surface area contributed by atoms with Crippen LogP contribution < -0.4 is 4.90 Å². The Morgan fingerprint density at radius 3 is 2.82 bits per heavy atom. The summed E-state index contributed by atoms with van der Waals surface area (Å²) < 4.78 is 0. The van der Waals surface area contributed by atoms with Crippen LogP contribution in [0.25, 0.3) is 0 Å². The van der Waals surface area contributed by atoms with Crippen LogP contribution in [0.3, 0.4) is 0 Å². The molecule has 0 unspecified atom stereocenters. The molecule has 94 valence electrons. The van der Waals surface area contributed by atoms with Crippen LogP contribution in [0.1, 0.15) is 38.7 Å². The molecule has 1 fully saturated rings. The van der Waals surface area contributed by atoms with E-state index in [0.717, 1.165) is 17.8 Å². The van der Waals surface area contributed by atoms with E-state index in [1.165, 1.54) is 19.3 Å². The fraction of sp³-hybridized carbons (Fsp3) is 0.643. The van der Waals surface area contributed by atoms with Crippen molar-refractivity contribution in [2.75, 3.05) is 11.4 Å². The highest BCUT2D eigenvalue weighted by atomic mass is 16.3. The Morgan fingerprint density at radius 2 is 2.24 bits per heavy atom. The lowest BCUT2D eigenvalue weighted by Gasteiger charge is -2.27. The Kier molecular flexibility index (Phi) is 4.00. The highest BCUT2D eigenvalue weighted by Gasteiger charge is 2.30. The number of anilines is 1. The van der Waals surface area contributed by atoms with Crippen molar-refractivity contribution in [3.05, 3.63) is 24.0 Å². The second-order valence-electron chi connectivity index (χ2n) is 5.27. The smallest absolute Gasteiger partial charge is 0.0703 e. The van der Waals surface area contributed by atoms with Gasteiger partial charge in [0.25, 0.3) is 0 Å². The zero-order chi connectivity index (χ0) is 12.3. The van der Waals surface area contributed by atoms with Gasteiger partial charge in [0.1, 0.15) is 0 Å². The minimum absolute atomic E-state index is 0.1000. The van der Waals surface area contributed by atoms with E-state index < -0.39 is 0 Å². The molecule has 1 aromatic heterocycles. The van der Waals surface area contributed by atoms with Crippen LogP contribution in [0.4, 0.5) is 5.69 Å². The van der Waals surface area contributed by atoms with Crippen molar-refractivity contribution in [1.82, 2.24) is 4.98 Å². The maximum absolute atomic E-state index is 9.39. The van der Waals surface area contributed by atoms with Gasteiger partial charge in [-0.05, 0) is 31.2 Å². The van der Waals surface area contributed by atoms with Gasteiger partial charge in [-0.25, -0.2) is 0 Å². The van der Waals surface area contributed by atoms with Crippen LogP contribution >= 0.6 is 0 Å². The molecule has 3 nitrogen and oxygen atoms in total. The summed E-state index contributed by atoms with van der Waals surface area (Å²) in [6.45, 7) is 5.67. The van der Waals surface area contributed by atoms with Crippen molar-refractivity contribution in [2.45, 2.75) is 45.8 Å². The number of hydrogen-bond acceptors (Lipinski definition) is 3. The summed E-state index contributed by atoms with van der Waals surface area (Å²) in [6.07, 6.45) is 7.39. The van der Waals surface area contributed by atoms with Gasteiger partial charge in [-0.2, -0.15) is 0 Å². The van der Waals surface area contributed by atoms with Crippen LogP contribution in [0.15, 0.2) is 18.5 Å². The first-order valence-corrected chi connectivity index (χ1v) is 6.52. The Balaban J connectivity index is 2.14. The van der Waals surface area contributed by atoms with E-state index in [-0.39, 0.29) is 6.61 Å². The van der Waals surface area contributed by atoms with Gasteiger partial charge < -0.3 is 10.0 Å². The van der Waals surface area contributed by atoms with Gasteiger partial charge in [0, 0.05) is 24.3 Å². The summed E-state index contributed by atoms with van der Waals surface area (Å²) >= 11 is 0. The number of nitrogens with zero attached hydrogens (tertiary/aromatic N) is 2. The fourth-order valence-electron chi connectivity index (χ4n) is 2.09. The molecule has 0 atom stereocenters. The molecule has 0 radical (unpaired) electrons. The Labute approximate surface area is 103 Å². The maximum Gasteiger partial charge on any atom is 0.0703 e. The lowest BCUT2D eigenvalue weighted by molar-refractivity contribution is 0.282. The van der Waals surface area contributed by atoms with E-state index in [1.807, 2.05) is 12.3 Å². The van der Waals surface area contributed by atoms with E-state index in [0.29, 0.717) is 12.0 Å². The highest BCUT2D eigenvalue weighted by Crippen LogP contribution is 2.33. The summed E-state index contributed by atoms with van der Waals surface area (Å²) in [7, 11) is 0. The largest absolute Gasteiger partial charge is 0.392 e. The van der Waals surface area contributed by atoms with E-state index in [4.69, 9.17) is 0 Å². The fourth-order valence-corrected chi connectivity index (χ4v) is 2.09. The number of aliphatic hydroxyl groups is 1. The zero-order valence-corrected chi connectivity index (χ0v) is 10.8. The molecular formula is C14H22N2O. The second-order valence-corrected chi connectivity index (χ2v) is 5.27. The number of aliphatic hydroxyl groups excluding tert-OH is 1. The molecule has 0 aliphatic heterocycles. The Bertz CT molecular complexity index is 361. The predicted octanol–water partition coefficient (Wildman–Crippen LogP) is 2.59. The molecule has 1 heterocycles. The van der Waals surface area contributed by atoms with E-state index in [1.54, 1.807) is 6.20 Å². The van der Waals surface area contributed by atoms with Gasteiger partial charge in [0.15, 0.2) is 0 Å². The monoisotopic (exact) mass is 234 g/mol. The normalized spacial score (nSPS) is 15.3. The molecule has 17 heavy (non-hydrogen) atoms. The third kappa shape index (κ3) is 3.19. The van der Waals surface area contributed by atoms with E-state index >= 15 is 0 Å². The average molecular weight is 234 g/mol. The first kappa shape index (κ1) is 12.4.